The number of carbonyl (C=O) groups is 1. The van der Waals surface area contributed by atoms with Crippen LogP contribution in [-0.2, 0) is 29.5 Å². The summed E-state index contributed by atoms with van der Waals surface area (Å²) in [5.74, 6) is -0.882. The van der Waals surface area contributed by atoms with Crippen LogP contribution >= 0.6 is 0 Å². The van der Waals surface area contributed by atoms with Gasteiger partial charge >= 0.3 is 5.97 Å². The molecule has 1 aromatic carbocycles. The van der Waals surface area contributed by atoms with Crippen molar-refractivity contribution in [1.29, 1.82) is 0 Å². The van der Waals surface area contributed by atoms with Crippen LogP contribution in [0.1, 0.15) is 54.9 Å². The summed E-state index contributed by atoms with van der Waals surface area (Å²) in [7, 11) is 1.77. The molecular formula is C27H35N3O5. The molecule has 1 saturated heterocycles. The van der Waals surface area contributed by atoms with E-state index in [4.69, 9.17) is 9.73 Å². The van der Waals surface area contributed by atoms with Crippen molar-refractivity contribution in [3.8, 4) is 0 Å². The minimum absolute atomic E-state index is 0.0153. The number of benzene rings is 1. The molecule has 8 heteroatoms. The Labute approximate surface area is 205 Å². The van der Waals surface area contributed by atoms with E-state index in [1.54, 1.807) is 11.6 Å². The first-order chi connectivity index (χ1) is 16.7. The van der Waals surface area contributed by atoms with Crippen molar-refractivity contribution >= 4 is 17.4 Å². The van der Waals surface area contributed by atoms with Crippen LogP contribution in [0, 0.1) is 12.8 Å². The minimum Gasteiger partial charge on any atom is -0.480 e. The molecular weight excluding hydrogens is 446 g/mol. The number of aliphatic imine (C=N–C) groups is 1. The third-order valence-corrected chi connectivity index (χ3v) is 7.04. The van der Waals surface area contributed by atoms with Gasteiger partial charge < -0.3 is 19.5 Å². The van der Waals surface area contributed by atoms with Gasteiger partial charge in [0.1, 0.15) is 6.04 Å². The fourth-order valence-corrected chi connectivity index (χ4v) is 5.11. The molecule has 8 nitrogen and oxygen atoms in total. The van der Waals surface area contributed by atoms with Gasteiger partial charge in [-0.2, -0.15) is 0 Å². The standard InChI is InChI=1S/C27H35N3O5/c1-16-11-21(15-30(3)26(16)32)25-20(13-22-5-4-10-35-22)9-8-19-7-6-18(12-23(19)29-25)14-28-24(17(2)31)27(33)34/h6-7,11-12,15,17,20,22,24,28,31H,4-5,8-10,13-14H2,1-3H3,(H,33,34)/t17-,20?,22+,24+/m1/s1. The number of hydrogen-bond donors (Lipinski definition) is 3. The summed E-state index contributed by atoms with van der Waals surface area (Å²) in [6.07, 6.45) is 5.96. The summed E-state index contributed by atoms with van der Waals surface area (Å²) >= 11 is 0. The van der Waals surface area contributed by atoms with Crippen molar-refractivity contribution in [2.75, 3.05) is 6.61 Å². The van der Waals surface area contributed by atoms with Gasteiger partial charge in [0.15, 0.2) is 0 Å². The van der Waals surface area contributed by atoms with Gasteiger partial charge in [-0.15, -0.1) is 0 Å². The van der Waals surface area contributed by atoms with Gasteiger partial charge in [-0.1, -0.05) is 12.1 Å². The van der Waals surface area contributed by atoms with Gasteiger partial charge in [-0.05, 0) is 69.2 Å². The van der Waals surface area contributed by atoms with E-state index in [9.17, 15) is 19.8 Å². The van der Waals surface area contributed by atoms with Crippen molar-refractivity contribution in [1.82, 2.24) is 9.88 Å². The lowest BCUT2D eigenvalue weighted by Crippen LogP contribution is -2.44. The summed E-state index contributed by atoms with van der Waals surface area (Å²) in [5.41, 5.74) is 5.49. The number of nitrogens with zero attached hydrogens (tertiary/aromatic N) is 2. The monoisotopic (exact) mass is 481 g/mol. The Morgan fingerprint density at radius 1 is 1.31 bits per heavy atom. The molecule has 3 heterocycles. The number of carboxylic acids is 1. The van der Waals surface area contributed by atoms with E-state index in [1.165, 1.54) is 6.92 Å². The number of aliphatic hydroxyl groups is 1. The topological polar surface area (TPSA) is 113 Å². The molecule has 0 bridgehead atoms. The van der Waals surface area contributed by atoms with E-state index in [-0.39, 0.29) is 17.6 Å². The Balaban J connectivity index is 1.69. The molecule has 4 atom stereocenters. The number of aliphatic carboxylic acids is 1. The molecule has 0 saturated carbocycles. The lowest BCUT2D eigenvalue weighted by Gasteiger charge is -2.21. The molecule has 0 aliphatic carbocycles. The molecule has 3 N–H and O–H groups in total. The predicted molar refractivity (Wildman–Crippen MR) is 134 cm³/mol. The number of fused-ring (bicyclic) bond motifs is 1. The second kappa shape index (κ2) is 10.8. The van der Waals surface area contributed by atoms with E-state index in [2.05, 4.69) is 11.4 Å². The molecule has 0 spiro atoms. The zero-order valence-electron chi connectivity index (χ0n) is 20.7. The van der Waals surface area contributed by atoms with Crippen LogP contribution in [0.25, 0.3) is 0 Å². The molecule has 35 heavy (non-hydrogen) atoms. The maximum absolute atomic E-state index is 12.3. The quantitative estimate of drug-likeness (QED) is 0.534. The zero-order chi connectivity index (χ0) is 25.1. The van der Waals surface area contributed by atoms with Crippen molar-refractivity contribution < 1.29 is 19.7 Å². The van der Waals surface area contributed by atoms with Crippen LogP contribution in [0.5, 0.6) is 0 Å². The average molecular weight is 482 g/mol. The zero-order valence-corrected chi connectivity index (χ0v) is 20.7. The fraction of sp³-hybridized carbons (Fsp3) is 0.519. The van der Waals surface area contributed by atoms with E-state index in [0.29, 0.717) is 12.1 Å². The first-order valence-electron chi connectivity index (χ1n) is 12.4. The number of aliphatic hydroxyl groups excluding tert-OH is 1. The predicted octanol–water partition coefficient (Wildman–Crippen LogP) is 2.87. The smallest absolute Gasteiger partial charge is 0.323 e. The van der Waals surface area contributed by atoms with Crippen LogP contribution < -0.4 is 10.9 Å². The lowest BCUT2D eigenvalue weighted by molar-refractivity contribution is -0.142. The van der Waals surface area contributed by atoms with Gasteiger partial charge in [0.05, 0.1) is 23.6 Å². The highest BCUT2D eigenvalue weighted by Crippen LogP contribution is 2.34. The SMILES string of the molecule is Cc1cc(C2=Nc3cc(CN[C@H](C(=O)O)[C@@H](C)O)ccc3CCC2C[C@@H]2CCCO2)cn(C)c1=O. The third kappa shape index (κ3) is 5.89. The Kier molecular flexibility index (Phi) is 7.84. The summed E-state index contributed by atoms with van der Waals surface area (Å²) in [6, 6.07) is 6.93. The highest BCUT2D eigenvalue weighted by atomic mass is 16.5. The Morgan fingerprint density at radius 2 is 2.11 bits per heavy atom. The van der Waals surface area contributed by atoms with Gasteiger partial charge in [0, 0.05) is 43.4 Å². The first kappa shape index (κ1) is 25.3. The number of hydrogen-bond acceptors (Lipinski definition) is 6. The summed E-state index contributed by atoms with van der Waals surface area (Å²) in [6.45, 7) is 4.40. The number of nitrogens with one attached hydrogen (secondary N) is 1. The molecule has 4 rings (SSSR count). The normalized spacial score (nSPS) is 21.7. The number of ether oxygens (including phenoxy) is 1. The molecule has 2 aliphatic heterocycles. The number of pyridine rings is 1. The molecule has 2 aliphatic rings. The van der Waals surface area contributed by atoms with Gasteiger partial charge in [-0.3, -0.25) is 19.9 Å². The molecule has 1 fully saturated rings. The second-order valence-corrected chi connectivity index (χ2v) is 9.83. The molecule has 1 aromatic heterocycles. The lowest BCUT2D eigenvalue weighted by atomic mass is 9.87. The summed E-state index contributed by atoms with van der Waals surface area (Å²) in [4.78, 5) is 28.9. The molecule has 2 aromatic rings. The van der Waals surface area contributed by atoms with Crippen molar-refractivity contribution in [3.63, 3.8) is 0 Å². The van der Waals surface area contributed by atoms with Gasteiger partial charge in [0.25, 0.3) is 5.56 Å². The Morgan fingerprint density at radius 3 is 2.77 bits per heavy atom. The minimum atomic E-state index is -1.09. The average Bonchev–Trinajstić information content (AvgIpc) is 3.25. The Hall–Kier alpha value is -2.81. The van der Waals surface area contributed by atoms with Crippen LogP contribution in [0.2, 0.25) is 0 Å². The van der Waals surface area contributed by atoms with E-state index < -0.39 is 18.1 Å². The van der Waals surface area contributed by atoms with Gasteiger partial charge in [-0.25, -0.2) is 0 Å². The highest BCUT2D eigenvalue weighted by Gasteiger charge is 2.28. The van der Waals surface area contributed by atoms with Crippen molar-refractivity contribution in [2.45, 2.75) is 70.7 Å². The van der Waals surface area contributed by atoms with E-state index in [1.807, 2.05) is 31.3 Å². The van der Waals surface area contributed by atoms with E-state index in [0.717, 1.165) is 66.8 Å². The maximum Gasteiger partial charge on any atom is 0.323 e. The molecule has 1 unspecified atom stereocenters. The number of aryl methyl sites for hydroxylation is 3. The number of aromatic nitrogens is 1. The maximum atomic E-state index is 12.3. The van der Waals surface area contributed by atoms with Gasteiger partial charge in [0.2, 0.25) is 0 Å². The molecule has 0 amide bonds. The largest absolute Gasteiger partial charge is 0.480 e. The highest BCUT2D eigenvalue weighted by molar-refractivity contribution is 6.04. The van der Waals surface area contributed by atoms with Crippen LogP contribution in [0.4, 0.5) is 5.69 Å². The second-order valence-electron chi connectivity index (χ2n) is 9.83. The number of carboxylic acid groups (broad SMARTS) is 1. The molecule has 188 valence electrons. The van der Waals surface area contributed by atoms with Crippen molar-refractivity contribution in [3.05, 3.63) is 63.1 Å². The van der Waals surface area contributed by atoms with Crippen LogP contribution in [0.3, 0.4) is 0 Å². The molecule has 0 radical (unpaired) electrons. The Bertz CT molecular complexity index is 1140. The van der Waals surface area contributed by atoms with Crippen molar-refractivity contribution in [2.24, 2.45) is 18.0 Å². The third-order valence-electron chi connectivity index (χ3n) is 7.04. The fourth-order valence-electron chi connectivity index (χ4n) is 5.11. The summed E-state index contributed by atoms with van der Waals surface area (Å²) < 4.78 is 7.57. The first-order valence-corrected chi connectivity index (χ1v) is 12.4. The van der Waals surface area contributed by atoms with Crippen LogP contribution in [-0.4, -0.2) is 51.3 Å². The number of rotatable bonds is 8. The van der Waals surface area contributed by atoms with Crippen LogP contribution in [0.15, 0.2) is 40.2 Å². The summed E-state index contributed by atoms with van der Waals surface area (Å²) in [5, 5.41) is 22.0. The van der Waals surface area contributed by atoms with E-state index >= 15 is 0 Å².